The number of anilines is 3. The van der Waals surface area contributed by atoms with E-state index in [-0.39, 0.29) is 11.8 Å². The fourth-order valence-electron chi connectivity index (χ4n) is 4.29. The number of aldehydes is 1. The predicted octanol–water partition coefficient (Wildman–Crippen LogP) is 3.94. The zero-order valence-corrected chi connectivity index (χ0v) is 23.4. The molecule has 1 saturated heterocycles. The minimum atomic E-state index is -0.259. The van der Waals surface area contributed by atoms with E-state index in [4.69, 9.17) is 0 Å². The third-order valence-corrected chi connectivity index (χ3v) is 7.21. The van der Waals surface area contributed by atoms with Crippen molar-refractivity contribution in [3.8, 4) is 10.4 Å². The number of nitrogens with zero attached hydrogens (tertiary/aromatic N) is 5. The van der Waals surface area contributed by atoms with Crippen LogP contribution in [0.3, 0.4) is 0 Å². The van der Waals surface area contributed by atoms with Gasteiger partial charge in [-0.2, -0.15) is 5.10 Å². The van der Waals surface area contributed by atoms with Crippen molar-refractivity contribution in [1.82, 2.24) is 24.5 Å². The maximum atomic E-state index is 12.9. The Bertz CT molecular complexity index is 1500. The maximum absolute atomic E-state index is 12.9. The van der Waals surface area contributed by atoms with Crippen LogP contribution in [0.5, 0.6) is 0 Å². The molecule has 0 spiro atoms. The van der Waals surface area contributed by atoms with Gasteiger partial charge in [-0.3, -0.25) is 19.5 Å². The minimum Gasteiger partial charge on any atom is -0.387 e. The van der Waals surface area contributed by atoms with Gasteiger partial charge in [0.2, 0.25) is 5.91 Å². The molecule has 1 fully saturated rings. The third-order valence-electron chi connectivity index (χ3n) is 6.05. The highest BCUT2D eigenvalue weighted by Crippen LogP contribution is 2.32. The average Bonchev–Trinajstić information content (AvgIpc) is 3.46. The molecule has 0 aromatic carbocycles. The van der Waals surface area contributed by atoms with Crippen molar-refractivity contribution in [2.45, 2.75) is 27.7 Å². The van der Waals surface area contributed by atoms with Gasteiger partial charge in [0.05, 0.1) is 46.4 Å². The molecule has 204 valence electrons. The topological polar surface area (TPSA) is 134 Å². The van der Waals surface area contributed by atoms with E-state index in [2.05, 4.69) is 49.8 Å². The molecule has 39 heavy (non-hydrogen) atoms. The molecule has 5 heterocycles. The Hall–Kier alpha value is -4.16. The van der Waals surface area contributed by atoms with Gasteiger partial charge in [-0.15, -0.1) is 11.3 Å². The first-order valence-corrected chi connectivity index (χ1v) is 13.2. The molecular weight excluding hydrogens is 516 g/mol. The second-order valence-electron chi connectivity index (χ2n) is 10.1. The lowest BCUT2D eigenvalue weighted by Gasteiger charge is -2.44. The smallest absolute Gasteiger partial charge is 0.260 e. The first kappa shape index (κ1) is 27.9. The summed E-state index contributed by atoms with van der Waals surface area (Å²) in [6, 6.07) is 5.46. The van der Waals surface area contributed by atoms with Gasteiger partial charge in [-0.25, -0.2) is 9.50 Å². The van der Waals surface area contributed by atoms with Gasteiger partial charge in [0.15, 0.2) is 0 Å². The van der Waals surface area contributed by atoms with Gasteiger partial charge in [0.25, 0.3) is 5.91 Å². The Kier molecular flexibility index (Phi) is 8.36. The van der Waals surface area contributed by atoms with Gasteiger partial charge >= 0.3 is 0 Å². The van der Waals surface area contributed by atoms with Gasteiger partial charge < -0.3 is 20.7 Å². The molecule has 0 unspecified atom stereocenters. The summed E-state index contributed by atoms with van der Waals surface area (Å²) < 4.78 is 1.67. The highest BCUT2D eigenvalue weighted by atomic mass is 32.1. The number of rotatable bonds is 7. The van der Waals surface area contributed by atoms with Crippen LogP contribution >= 0.6 is 11.3 Å². The molecule has 0 radical (unpaired) electrons. The highest BCUT2D eigenvalue weighted by Gasteiger charge is 2.33. The molecule has 2 amide bonds. The molecule has 11 nitrogen and oxygen atoms in total. The first-order chi connectivity index (χ1) is 18.6. The normalized spacial score (nSPS) is 14.1. The van der Waals surface area contributed by atoms with Crippen LogP contribution in [0.1, 0.15) is 36.8 Å². The second-order valence-corrected chi connectivity index (χ2v) is 11.1. The Labute approximate surface area is 230 Å². The van der Waals surface area contributed by atoms with E-state index in [9.17, 15) is 14.4 Å². The highest BCUT2D eigenvalue weighted by molar-refractivity contribution is 7.21. The van der Waals surface area contributed by atoms with Crippen LogP contribution in [0.25, 0.3) is 15.3 Å². The van der Waals surface area contributed by atoms with Gasteiger partial charge in [-0.1, -0.05) is 13.8 Å². The molecule has 0 bridgehead atoms. The van der Waals surface area contributed by atoms with E-state index in [1.807, 2.05) is 25.3 Å². The average molecular weight is 549 g/mol. The number of likely N-dealkylation sites (tertiary alicyclic amines) is 1. The number of hydrogen-bond acceptors (Lipinski definition) is 9. The van der Waals surface area contributed by atoms with Crippen LogP contribution in [0.4, 0.5) is 17.2 Å². The lowest BCUT2D eigenvalue weighted by atomic mass is 9.85. The van der Waals surface area contributed by atoms with Crippen LogP contribution in [0.2, 0.25) is 0 Å². The number of thiazole rings is 1. The van der Waals surface area contributed by atoms with Crippen molar-refractivity contribution >= 4 is 51.5 Å². The molecule has 1 aliphatic heterocycles. The standard InChI is InChI=1S/C20H19N7O2S.C7H13NO/c1-11-16(7-14(21-3)8-23-11)26-19(29)15-9-24-27-10-17(30-20(15)27)13-4-5-22-18(6-13)25-12(2)28;1-7(2)5-8(6-7)3-4-9/h4-10,21H,1-3H3,(H,26,29)(H,22,25,28);4H,3,5-6H2,1-2H3. The largest absolute Gasteiger partial charge is 0.387 e. The fraction of sp³-hybridized carbons (Fsp3) is 0.333. The number of nitrogens with one attached hydrogen (secondary N) is 3. The summed E-state index contributed by atoms with van der Waals surface area (Å²) in [5, 5.41) is 12.9. The molecule has 0 aliphatic carbocycles. The summed E-state index contributed by atoms with van der Waals surface area (Å²) in [5.41, 5.74) is 3.97. The number of carbonyl (C=O) groups excluding carboxylic acids is 3. The van der Waals surface area contributed by atoms with E-state index in [0.29, 0.717) is 29.0 Å². The van der Waals surface area contributed by atoms with Crippen LogP contribution in [0, 0.1) is 12.3 Å². The zero-order chi connectivity index (χ0) is 28.2. The maximum Gasteiger partial charge on any atom is 0.260 e. The van der Waals surface area contributed by atoms with Crippen LogP contribution in [-0.4, -0.2) is 69.3 Å². The van der Waals surface area contributed by atoms with Crippen molar-refractivity contribution in [2.75, 3.05) is 42.6 Å². The van der Waals surface area contributed by atoms with Gasteiger partial charge in [0, 0.05) is 39.5 Å². The van der Waals surface area contributed by atoms with E-state index < -0.39 is 0 Å². The monoisotopic (exact) mass is 548 g/mol. The van der Waals surface area contributed by atoms with Crippen molar-refractivity contribution in [3.63, 3.8) is 0 Å². The third kappa shape index (κ3) is 6.84. The molecule has 3 N–H and O–H groups in total. The van der Waals surface area contributed by atoms with Gasteiger partial charge in [0.1, 0.15) is 16.9 Å². The van der Waals surface area contributed by atoms with Crippen LogP contribution in [0.15, 0.2) is 43.0 Å². The minimum absolute atomic E-state index is 0.188. The molecule has 4 aromatic heterocycles. The Morgan fingerprint density at radius 3 is 2.59 bits per heavy atom. The van der Waals surface area contributed by atoms with Crippen molar-refractivity contribution in [2.24, 2.45) is 5.41 Å². The number of carbonyl (C=O) groups is 3. The number of hydrogen-bond donors (Lipinski definition) is 3. The Balaban J connectivity index is 0.000000333. The van der Waals surface area contributed by atoms with Crippen molar-refractivity contribution in [3.05, 3.63) is 54.2 Å². The van der Waals surface area contributed by atoms with Gasteiger partial charge in [-0.05, 0) is 36.1 Å². The SMILES string of the molecule is CC1(C)CN(CC=O)C1.CNc1cnc(C)c(NC(=O)c2cnn3cc(-c4ccnc(NC(C)=O)c4)sc23)c1. The quantitative estimate of drug-likeness (QED) is 0.296. The molecule has 5 rings (SSSR count). The molecule has 4 aromatic rings. The number of aromatic nitrogens is 4. The lowest BCUT2D eigenvalue weighted by Crippen LogP contribution is -2.53. The summed E-state index contributed by atoms with van der Waals surface area (Å²) in [6.07, 6.45) is 7.69. The second kappa shape index (κ2) is 11.7. The Morgan fingerprint density at radius 1 is 1.15 bits per heavy atom. The number of pyridine rings is 2. The molecule has 0 saturated carbocycles. The van der Waals surface area contributed by atoms with E-state index in [1.165, 1.54) is 18.3 Å². The predicted molar refractivity (Wildman–Crippen MR) is 153 cm³/mol. The molecule has 0 atom stereocenters. The lowest BCUT2D eigenvalue weighted by molar-refractivity contribution is -0.114. The summed E-state index contributed by atoms with van der Waals surface area (Å²) >= 11 is 1.43. The number of fused-ring (bicyclic) bond motifs is 1. The summed E-state index contributed by atoms with van der Waals surface area (Å²) in [5.74, 6) is 0.0216. The van der Waals surface area contributed by atoms with E-state index in [1.54, 1.807) is 36.2 Å². The molecular formula is C27H32N8O3S. The number of aryl methyl sites for hydroxylation is 1. The van der Waals surface area contributed by atoms with Crippen LogP contribution in [-0.2, 0) is 9.59 Å². The van der Waals surface area contributed by atoms with Crippen molar-refractivity contribution in [1.29, 1.82) is 0 Å². The first-order valence-electron chi connectivity index (χ1n) is 12.4. The number of amides is 2. The van der Waals surface area contributed by atoms with E-state index in [0.717, 1.165) is 46.0 Å². The fourth-order valence-corrected chi connectivity index (χ4v) is 5.35. The summed E-state index contributed by atoms with van der Waals surface area (Å²) in [6.45, 7) is 10.5. The Morgan fingerprint density at radius 2 is 1.92 bits per heavy atom. The zero-order valence-electron chi connectivity index (χ0n) is 22.6. The van der Waals surface area contributed by atoms with E-state index >= 15 is 0 Å². The molecule has 12 heteroatoms. The van der Waals surface area contributed by atoms with Crippen molar-refractivity contribution < 1.29 is 14.4 Å². The summed E-state index contributed by atoms with van der Waals surface area (Å²) in [7, 11) is 1.79. The summed E-state index contributed by atoms with van der Waals surface area (Å²) in [4.78, 5) is 46.3. The van der Waals surface area contributed by atoms with Crippen LogP contribution < -0.4 is 16.0 Å². The molecule has 1 aliphatic rings.